The number of aromatic hydroxyl groups is 1. The van der Waals surface area contributed by atoms with Crippen LogP contribution in [0, 0.1) is 0 Å². The van der Waals surface area contributed by atoms with Gasteiger partial charge in [-0.05, 0) is 60.4 Å². The molecule has 0 spiro atoms. The molecule has 5 heteroatoms. The summed E-state index contributed by atoms with van der Waals surface area (Å²) in [5, 5.41) is 13.4. The third-order valence-electron chi connectivity index (χ3n) is 3.82. The quantitative estimate of drug-likeness (QED) is 0.776. The molecule has 0 atom stereocenters. The highest BCUT2D eigenvalue weighted by atomic mass is 79.9. The van der Waals surface area contributed by atoms with Crippen LogP contribution in [0.2, 0.25) is 0 Å². The molecule has 2 aromatic carbocycles. The Labute approximate surface area is 156 Å². The topological polar surface area (TPSA) is 53.8 Å². The molecular formula is C20H21BrN2O2. The zero-order valence-electron chi connectivity index (χ0n) is 14.3. The van der Waals surface area contributed by atoms with E-state index in [1.165, 1.54) is 5.56 Å². The highest BCUT2D eigenvalue weighted by Crippen LogP contribution is 2.28. The SMILES string of the molecule is CC(C)Oc1ccc(CNC=C2CN=Cc3ccc(Br)cc32)cc1O. The van der Waals surface area contributed by atoms with Crippen LogP contribution in [0.3, 0.4) is 0 Å². The van der Waals surface area contributed by atoms with Gasteiger partial charge in [0.05, 0.1) is 12.6 Å². The van der Waals surface area contributed by atoms with Gasteiger partial charge in [0.1, 0.15) is 0 Å². The van der Waals surface area contributed by atoms with Crippen LogP contribution in [-0.2, 0) is 6.54 Å². The molecule has 2 N–H and O–H groups in total. The molecule has 0 aliphatic carbocycles. The number of hydrogen-bond donors (Lipinski definition) is 2. The highest BCUT2D eigenvalue weighted by Gasteiger charge is 2.11. The van der Waals surface area contributed by atoms with Gasteiger partial charge in [0.25, 0.3) is 0 Å². The first-order valence-corrected chi connectivity index (χ1v) is 9.03. The van der Waals surface area contributed by atoms with E-state index in [4.69, 9.17) is 4.74 Å². The number of halogens is 1. The van der Waals surface area contributed by atoms with Gasteiger partial charge >= 0.3 is 0 Å². The lowest BCUT2D eigenvalue weighted by Gasteiger charge is -2.15. The third-order valence-corrected chi connectivity index (χ3v) is 4.32. The molecule has 1 aliphatic heterocycles. The Morgan fingerprint density at radius 2 is 2.12 bits per heavy atom. The van der Waals surface area contributed by atoms with Crippen molar-refractivity contribution in [3.05, 3.63) is 63.8 Å². The van der Waals surface area contributed by atoms with E-state index in [0.29, 0.717) is 18.8 Å². The molecule has 2 aromatic rings. The van der Waals surface area contributed by atoms with Gasteiger partial charge in [-0.3, -0.25) is 4.99 Å². The van der Waals surface area contributed by atoms with Crippen molar-refractivity contribution in [2.45, 2.75) is 26.5 Å². The second-order valence-electron chi connectivity index (χ2n) is 6.22. The molecule has 3 rings (SSSR count). The molecule has 0 fully saturated rings. The first-order valence-electron chi connectivity index (χ1n) is 8.23. The summed E-state index contributed by atoms with van der Waals surface area (Å²) in [4.78, 5) is 4.40. The highest BCUT2D eigenvalue weighted by molar-refractivity contribution is 9.10. The van der Waals surface area contributed by atoms with Gasteiger partial charge in [0.15, 0.2) is 11.5 Å². The van der Waals surface area contributed by atoms with Crippen molar-refractivity contribution in [3.63, 3.8) is 0 Å². The van der Waals surface area contributed by atoms with E-state index in [9.17, 15) is 5.11 Å². The van der Waals surface area contributed by atoms with E-state index in [0.717, 1.165) is 21.2 Å². The van der Waals surface area contributed by atoms with Gasteiger partial charge in [-0.2, -0.15) is 0 Å². The third kappa shape index (κ3) is 4.42. The molecule has 0 bridgehead atoms. The second kappa shape index (κ2) is 7.74. The fourth-order valence-electron chi connectivity index (χ4n) is 2.69. The Hall–Kier alpha value is -2.27. The van der Waals surface area contributed by atoms with Crippen molar-refractivity contribution >= 4 is 27.7 Å². The average molecular weight is 401 g/mol. The Morgan fingerprint density at radius 1 is 1.28 bits per heavy atom. The predicted molar refractivity (Wildman–Crippen MR) is 105 cm³/mol. The number of nitrogens with zero attached hydrogens (tertiary/aromatic N) is 1. The zero-order valence-corrected chi connectivity index (χ0v) is 15.9. The normalized spacial score (nSPS) is 14.6. The first kappa shape index (κ1) is 17.5. The molecule has 1 heterocycles. The van der Waals surface area contributed by atoms with Crippen molar-refractivity contribution < 1.29 is 9.84 Å². The molecule has 0 unspecified atom stereocenters. The van der Waals surface area contributed by atoms with E-state index >= 15 is 0 Å². The van der Waals surface area contributed by atoms with Gasteiger partial charge < -0.3 is 15.2 Å². The number of benzene rings is 2. The lowest BCUT2D eigenvalue weighted by molar-refractivity contribution is 0.232. The van der Waals surface area contributed by atoms with Crippen molar-refractivity contribution in [1.82, 2.24) is 5.32 Å². The number of rotatable bonds is 5. The summed E-state index contributed by atoms with van der Waals surface area (Å²) < 4.78 is 6.60. The van der Waals surface area contributed by atoms with Crippen molar-refractivity contribution in [1.29, 1.82) is 0 Å². The Bertz CT molecular complexity index is 828. The first-order chi connectivity index (χ1) is 12.0. The summed E-state index contributed by atoms with van der Waals surface area (Å²) in [6, 6.07) is 11.7. The van der Waals surface area contributed by atoms with Gasteiger partial charge in [0, 0.05) is 23.4 Å². The van der Waals surface area contributed by atoms with E-state index in [1.807, 2.05) is 38.4 Å². The molecule has 0 saturated carbocycles. The Balaban J connectivity index is 1.69. The minimum atomic E-state index is 0.0332. The zero-order chi connectivity index (χ0) is 17.8. The maximum atomic E-state index is 10.1. The molecule has 4 nitrogen and oxygen atoms in total. The summed E-state index contributed by atoms with van der Waals surface area (Å²) in [6.07, 6.45) is 3.94. The van der Waals surface area contributed by atoms with Crippen LogP contribution in [0.25, 0.3) is 5.57 Å². The Kier molecular flexibility index (Phi) is 5.43. The monoisotopic (exact) mass is 400 g/mol. The summed E-state index contributed by atoms with van der Waals surface area (Å²) in [7, 11) is 0. The molecule has 0 aromatic heterocycles. The van der Waals surface area contributed by atoms with Crippen LogP contribution in [0.4, 0.5) is 0 Å². The maximum absolute atomic E-state index is 10.1. The van der Waals surface area contributed by atoms with E-state index < -0.39 is 0 Å². The molecule has 1 aliphatic rings. The smallest absolute Gasteiger partial charge is 0.161 e. The van der Waals surface area contributed by atoms with Gasteiger partial charge in [0.2, 0.25) is 0 Å². The van der Waals surface area contributed by atoms with E-state index in [-0.39, 0.29) is 11.9 Å². The predicted octanol–water partition coefficient (Wildman–Crippen LogP) is 4.51. The van der Waals surface area contributed by atoms with Crippen LogP contribution in [-0.4, -0.2) is 24.0 Å². The summed E-state index contributed by atoms with van der Waals surface area (Å²) in [5.74, 6) is 0.676. The van der Waals surface area contributed by atoms with Crippen molar-refractivity contribution in [2.75, 3.05) is 6.54 Å². The van der Waals surface area contributed by atoms with E-state index in [1.54, 1.807) is 12.1 Å². The fraction of sp³-hybridized carbons (Fsp3) is 0.250. The number of phenols is 1. The van der Waals surface area contributed by atoms with Crippen LogP contribution in [0.15, 0.2) is 52.1 Å². The van der Waals surface area contributed by atoms with Crippen LogP contribution in [0.5, 0.6) is 11.5 Å². The minimum absolute atomic E-state index is 0.0332. The van der Waals surface area contributed by atoms with Gasteiger partial charge in [-0.15, -0.1) is 0 Å². The van der Waals surface area contributed by atoms with Gasteiger partial charge in [-0.25, -0.2) is 0 Å². The lowest BCUT2D eigenvalue weighted by atomic mass is 9.99. The number of nitrogens with one attached hydrogen (secondary N) is 1. The number of hydrogen-bond acceptors (Lipinski definition) is 4. The summed E-state index contributed by atoms with van der Waals surface area (Å²) >= 11 is 3.52. The molecule has 0 amide bonds. The van der Waals surface area contributed by atoms with Crippen molar-refractivity contribution in [3.8, 4) is 11.5 Å². The molecule has 0 saturated heterocycles. The Morgan fingerprint density at radius 3 is 2.88 bits per heavy atom. The summed E-state index contributed by atoms with van der Waals surface area (Å²) in [5.41, 5.74) is 4.43. The number of ether oxygens (including phenoxy) is 1. The second-order valence-corrected chi connectivity index (χ2v) is 7.14. The maximum Gasteiger partial charge on any atom is 0.161 e. The minimum Gasteiger partial charge on any atom is -0.504 e. The molecule has 25 heavy (non-hydrogen) atoms. The van der Waals surface area contributed by atoms with Gasteiger partial charge in [-0.1, -0.05) is 28.1 Å². The lowest BCUT2D eigenvalue weighted by Crippen LogP contribution is -2.10. The standard InChI is InChI=1S/C20H21BrN2O2/c1-13(2)25-20-6-3-14(7-19(20)24)9-22-11-16-12-23-10-15-4-5-17(21)8-18(15)16/h3-8,10-11,13,22,24H,9,12H2,1-2H3. The molecular weight excluding hydrogens is 380 g/mol. The van der Waals surface area contributed by atoms with Crippen molar-refractivity contribution in [2.24, 2.45) is 4.99 Å². The molecule has 0 radical (unpaired) electrons. The number of aliphatic imine (C=N–C) groups is 1. The number of fused-ring (bicyclic) bond motifs is 1. The van der Waals surface area contributed by atoms with E-state index in [2.05, 4.69) is 38.4 Å². The van der Waals surface area contributed by atoms with Crippen LogP contribution in [0.1, 0.15) is 30.5 Å². The van der Waals surface area contributed by atoms with Crippen LogP contribution >= 0.6 is 15.9 Å². The summed E-state index contributed by atoms with van der Waals surface area (Å²) in [6.45, 7) is 5.14. The number of phenolic OH excluding ortho intramolecular Hbond substituents is 1. The fourth-order valence-corrected chi connectivity index (χ4v) is 3.05. The van der Waals surface area contributed by atoms with Crippen LogP contribution < -0.4 is 10.1 Å². The largest absolute Gasteiger partial charge is 0.504 e. The molecule has 130 valence electrons. The average Bonchev–Trinajstić information content (AvgIpc) is 2.57.